The normalized spacial score (nSPS) is 14.5. The predicted molar refractivity (Wildman–Crippen MR) is 118 cm³/mol. The molecule has 4 rings (SSSR count). The molecule has 0 N–H and O–H groups in total. The summed E-state index contributed by atoms with van der Waals surface area (Å²) in [5, 5.41) is 4.90. The molecule has 0 amide bonds. The van der Waals surface area contributed by atoms with Gasteiger partial charge >= 0.3 is 0 Å². The zero-order chi connectivity index (χ0) is 21.8. The maximum Gasteiger partial charge on any atom is 0.241 e. The highest BCUT2D eigenvalue weighted by molar-refractivity contribution is 6.30. The number of hydrogen-bond donors (Lipinski definition) is 0. The predicted octanol–water partition coefficient (Wildman–Crippen LogP) is 3.74. The average Bonchev–Trinajstić information content (AvgIpc) is 3.26. The Hall–Kier alpha value is -2.97. The number of aromatic nitrogens is 2. The molecule has 1 aliphatic heterocycles. The van der Waals surface area contributed by atoms with Crippen molar-refractivity contribution in [2.24, 2.45) is 0 Å². The molecular formula is C22H25ClN4O4. The summed E-state index contributed by atoms with van der Waals surface area (Å²) >= 11 is 6.12. The Morgan fingerprint density at radius 3 is 2.42 bits per heavy atom. The highest BCUT2D eigenvalue weighted by atomic mass is 35.5. The van der Waals surface area contributed by atoms with E-state index in [9.17, 15) is 0 Å². The van der Waals surface area contributed by atoms with Crippen molar-refractivity contribution in [2.45, 2.75) is 6.54 Å². The summed E-state index contributed by atoms with van der Waals surface area (Å²) in [5.74, 6) is 2.58. The minimum Gasteiger partial charge on any atom is -0.493 e. The van der Waals surface area contributed by atoms with E-state index in [0.29, 0.717) is 41.1 Å². The first-order chi connectivity index (χ1) is 15.1. The van der Waals surface area contributed by atoms with Gasteiger partial charge in [-0.25, -0.2) is 0 Å². The number of halogens is 1. The summed E-state index contributed by atoms with van der Waals surface area (Å²) < 4.78 is 21.8. The van der Waals surface area contributed by atoms with Gasteiger partial charge in [0.05, 0.1) is 33.4 Å². The second-order valence-corrected chi connectivity index (χ2v) is 7.57. The number of rotatable bonds is 7. The first-order valence-corrected chi connectivity index (χ1v) is 10.4. The highest BCUT2D eigenvalue weighted by Crippen LogP contribution is 2.43. The lowest BCUT2D eigenvalue weighted by molar-refractivity contribution is 0.215. The molecule has 0 aliphatic carbocycles. The molecule has 0 atom stereocenters. The van der Waals surface area contributed by atoms with Crippen LogP contribution in [0.1, 0.15) is 5.89 Å². The van der Waals surface area contributed by atoms with Crippen molar-refractivity contribution in [3.8, 4) is 28.6 Å². The Kier molecular flexibility index (Phi) is 6.48. The van der Waals surface area contributed by atoms with Crippen molar-refractivity contribution in [1.82, 2.24) is 15.0 Å². The minimum absolute atomic E-state index is 0.449. The van der Waals surface area contributed by atoms with E-state index in [1.54, 1.807) is 27.4 Å². The van der Waals surface area contributed by atoms with Crippen LogP contribution < -0.4 is 19.1 Å². The molecule has 0 bridgehead atoms. The minimum atomic E-state index is 0.449. The van der Waals surface area contributed by atoms with Gasteiger partial charge < -0.3 is 23.6 Å². The summed E-state index contributed by atoms with van der Waals surface area (Å²) in [4.78, 5) is 9.20. The molecule has 1 aliphatic rings. The van der Waals surface area contributed by atoms with Gasteiger partial charge in [-0.15, -0.1) is 0 Å². The van der Waals surface area contributed by atoms with E-state index >= 15 is 0 Å². The number of methoxy groups -OCH3 is 3. The van der Waals surface area contributed by atoms with Gasteiger partial charge in [0.15, 0.2) is 11.5 Å². The van der Waals surface area contributed by atoms with Crippen LogP contribution in [0.25, 0.3) is 11.4 Å². The third-order valence-electron chi connectivity index (χ3n) is 5.32. The van der Waals surface area contributed by atoms with Gasteiger partial charge in [-0.1, -0.05) is 22.8 Å². The van der Waals surface area contributed by atoms with E-state index in [4.69, 9.17) is 30.3 Å². The number of ether oxygens (including phenoxy) is 3. The first kappa shape index (κ1) is 21.3. The fourth-order valence-corrected chi connectivity index (χ4v) is 3.92. The van der Waals surface area contributed by atoms with Crippen LogP contribution in [0.4, 0.5) is 5.69 Å². The second-order valence-electron chi connectivity index (χ2n) is 7.14. The van der Waals surface area contributed by atoms with Crippen LogP contribution in [0.15, 0.2) is 40.9 Å². The van der Waals surface area contributed by atoms with Crippen LogP contribution >= 0.6 is 11.6 Å². The van der Waals surface area contributed by atoms with Crippen LogP contribution in [0.2, 0.25) is 5.02 Å². The smallest absolute Gasteiger partial charge is 0.241 e. The van der Waals surface area contributed by atoms with Crippen molar-refractivity contribution < 1.29 is 18.7 Å². The maximum absolute atomic E-state index is 6.12. The lowest BCUT2D eigenvalue weighted by atomic mass is 10.1. The molecule has 31 heavy (non-hydrogen) atoms. The molecule has 1 aromatic heterocycles. The molecule has 164 valence electrons. The fraction of sp³-hybridized carbons (Fsp3) is 0.364. The van der Waals surface area contributed by atoms with Crippen LogP contribution in [0, 0.1) is 0 Å². The third-order valence-corrected chi connectivity index (χ3v) is 5.55. The van der Waals surface area contributed by atoms with Gasteiger partial charge in [-0.3, -0.25) is 4.90 Å². The molecule has 0 saturated carbocycles. The van der Waals surface area contributed by atoms with Crippen molar-refractivity contribution in [3.05, 3.63) is 47.3 Å². The van der Waals surface area contributed by atoms with Gasteiger partial charge in [0.1, 0.15) is 0 Å². The van der Waals surface area contributed by atoms with Gasteiger partial charge in [-0.05, 0) is 30.3 Å². The number of piperazine rings is 1. The van der Waals surface area contributed by atoms with Crippen LogP contribution in [0.5, 0.6) is 17.2 Å². The topological polar surface area (TPSA) is 73.1 Å². The molecule has 1 saturated heterocycles. The second kappa shape index (κ2) is 9.45. The Bertz CT molecular complexity index is 1030. The van der Waals surface area contributed by atoms with E-state index in [2.05, 4.69) is 26.0 Å². The highest BCUT2D eigenvalue weighted by Gasteiger charge is 2.23. The monoisotopic (exact) mass is 444 g/mol. The summed E-state index contributed by atoms with van der Waals surface area (Å²) in [6.07, 6.45) is 0. The number of anilines is 1. The lowest BCUT2D eigenvalue weighted by Gasteiger charge is -2.35. The quantitative estimate of drug-likeness (QED) is 0.545. The van der Waals surface area contributed by atoms with E-state index < -0.39 is 0 Å². The zero-order valence-corrected chi connectivity index (χ0v) is 18.6. The van der Waals surface area contributed by atoms with E-state index in [0.717, 1.165) is 36.9 Å². The van der Waals surface area contributed by atoms with Crippen molar-refractivity contribution >= 4 is 17.3 Å². The average molecular weight is 445 g/mol. The Balaban J connectivity index is 1.44. The molecule has 3 aromatic rings. The van der Waals surface area contributed by atoms with Gasteiger partial charge in [0.25, 0.3) is 0 Å². The van der Waals surface area contributed by atoms with Crippen LogP contribution in [-0.4, -0.2) is 62.5 Å². The van der Waals surface area contributed by atoms with E-state index in [1.807, 2.05) is 24.3 Å². The molecule has 9 heteroatoms. The first-order valence-electron chi connectivity index (χ1n) is 9.97. The van der Waals surface area contributed by atoms with Crippen molar-refractivity contribution in [3.63, 3.8) is 0 Å². The zero-order valence-electron chi connectivity index (χ0n) is 17.8. The molecule has 8 nitrogen and oxygen atoms in total. The Morgan fingerprint density at radius 2 is 1.74 bits per heavy atom. The van der Waals surface area contributed by atoms with E-state index in [1.165, 1.54) is 0 Å². The molecule has 2 heterocycles. The van der Waals surface area contributed by atoms with Gasteiger partial charge in [0, 0.05) is 36.9 Å². The summed E-state index contributed by atoms with van der Waals surface area (Å²) in [6, 6.07) is 11.6. The molecular weight excluding hydrogens is 420 g/mol. The molecule has 0 radical (unpaired) electrons. The van der Waals surface area contributed by atoms with E-state index in [-0.39, 0.29) is 0 Å². The Morgan fingerprint density at radius 1 is 0.968 bits per heavy atom. The van der Waals surface area contributed by atoms with Crippen LogP contribution in [-0.2, 0) is 6.54 Å². The van der Waals surface area contributed by atoms with Crippen LogP contribution in [0.3, 0.4) is 0 Å². The molecule has 2 aromatic carbocycles. The standard InChI is InChI=1S/C22H25ClN4O4/c1-28-18-8-7-17(20(29-2)21(18)30-3)22-24-19(31-25-22)14-26-9-11-27(12-10-26)16-6-4-5-15(23)13-16/h4-8,13H,9-12,14H2,1-3H3. The lowest BCUT2D eigenvalue weighted by Crippen LogP contribution is -2.46. The third kappa shape index (κ3) is 4.55. The summed E-state index contributed by atoms with van der Waals surface area (Å²) in [5.41, 5.74) is 1.83. The molecule has 1 fully saturated rings. The summed E-state index contributed by atoms with van der Waals surface area (Å²) in [7, 11) is 4.71. The van der Waals surface area contributed by atoms with Gasteiger partial charge in [0.2, 0.25) is 17.5 Å². The van der Waals surface area contributed by atoms with Crippen molar-refractivity contribution in [1.29, 1.82) is 0 Å². The maximum atomic E-state index is 6.12. The number of nitrogens with zero attached hydrogens (tertiary/aromatic N) is 4. The van der Waals surface area contributed by atoms with Gasteiger partial charge in [-0.2, -0.15) is 4.98 Å². The summed E-state index contributed by atoms with van der Waals surface area (Å²) in [6.45, 7) is 4.19. The molecule has 0 unspecified atom stereocenters. The van der Waals surface area contributed by atoms with Crippen molar-refractivity contribution in [2.75, 3.05) is 52.4 Å². The molecule has 0 spiro atoms. The largest absolute Gasteiger partial charge is 0.493 e. The number of hydrogen-bond acceptors (Lipinski definition) is 8. The Labute approximate surface area is 186 Å². The SMILES string of the molecule is COc1ccc(-c2noc(CN3CCN(c4cccc(Cl)c4)CC3)n2)c(OC)c1OC. The fourth-order valence-electron chi connectivity index (χ4n) is 3.73. The number of benzene rings is 2.